The molecule has 0 nitrogen and oxygen atoms in total. The predicted molar refractivity (Wildman–Crippen MR) is 21.7 cm³/mol. The molecule has 0 saturated carbocycles. The zero-order valence-electron chi connectivity index (χ0n) is 3.21. The molecular formula is C3H8Si. The Labute approximate surface area is 32.2 Å². The van der Waals surface area contributed by atoms with Crippen LogP contribution in [-0.2, 0) is 0 Å². The Morgan fingerprint density at radius 3 is 1.25 bits per heavy atom. The van der Waals surface area contributed by atoms with Crippen LogP contribution in [0.1, 0.15) is 20.3 Å². The standard InChI is InChI=1S/C3H8.Si/c1-3-2;/h3H2,1-2H3;. The first-order valence-electron chi connectivity index (χ1n) is 1.41. The van der Waals surface area contributed by atoms with E-state index < -0.39 is 0 Å². The van der Waals surface area contributed by atoms with Crippen LogP contribution in [0, 0.1) is 0 Å². The third kappa shape index (κ3) is 69.8. The molecule has 4 heavy (non-hydrogen) atoms. The second-order valence-electron chi connectivity index (χ2n) is 0.707. The third-order valence-corrected chi connectivity index (χ3v) is 0. The number of rotatable bonds is 0. The highest BCUT2D eigenvalue weighted by Gasteiger charge is 1.35. The van der Waals surface area contributed by atoms with Gasteiger partial charge in [-0.1, -0.05) is 20.3 Å². The van der Waals surface area contributed by atoms with Gasteiger partial charge >= 0.3 is 0 Å². The zero-order valence-corrected chi connectivity index (χ0v) is 4.21. The van der Waals surface area contributed by atoms with Crippen molar-refractivity contribution in [2.45, 2.75) is 20.3 Å². The zero-order chi connectivity index (χ0) is 2.71. The van der Waals surface area contributed by atoms with Crippen molar-refractivity contribution in [2.75, 3.05) is 0 Å². The average Bonchev–Trinajstić information content (AvgIpc) is 0.918. The van der Waals surface area contributed by atoms with Crippen LogP contribution in [0.4, 0.5) is 0 Å². The maximum atomic E-state index is 2.12. The normalized spacial score (nSPS) is 4.50. The van der Waals surface area contributed by atoms with E-state index in [1.807, 2.05) is 0 Å². The first kappa shape index (κ1) is 8.88. The average molecular weight is 72.2 g/mol. The van der Waals surface area contributed by atoms with Gasteiger partial charge in [-0.25, -0.2) is 0 Å². The molecule has 0 aromatic rings. The van der Waals surface area contributed by atoms with Gasteiger partial charge in [-0.3, -0.25) is 0 Å². The van der Waals surface area contributed by atoms with Crippen LogP contribution in [-0.4, -0.2) is 11.0 Å². The van der Waals surface area contributed by atoms with E-state index in [0.717, 1.165) is 0 Å². The highest BCUT2D eigenvalue weighted by Crippen LogP contribution is 1.56. The van der Waals surface area contributed by atoms with E-state index in [9.17, 15) is 0 Å². The Balaban J connectivity index is 0. The van der Waals surface area contributed by atoms with Crippen LogP contribution in [0.5, 0.6) is 0 Å². The maximum absolute atomic E-state index is 2.12. The van der Waals surface area contributed by atoms with Crippen LogP contribution in [0.15, 0.2) is 0 Å². The molecule has 0 fully saturated rings. The quantitative estimate of drug-likeness (QED) is 0.375. The summed E-state index contributed by atoms with van der Waals surface area (Å²) in [5, 5.41) is 0. The Morgan fingerprint density at radius 2 is 1.25 bits per heavy atom. The molecule has 0 unspecified atom stereocenters. The molecule has 0 N–H and O–H groups in total. The fraction of sp³-hybridized carbons (Fsp3) is 1.00. The van der Waals surface area contributed by atoms with Gasteiger partial charge in [0.1, 0.15) is 0 Å². The molecule has 0 aromatic heterocycles. The van der Waals surface area contributed by atoms with Gasteiger partial charge < -0.3 is 0 Å². The monoisotopic (exact) mass is 72.0 g/mol. The predicted octanol–water partition coefficient (Wildman–Crippen LogP) is 1.04. The lowest BCUT2D eigenvalue weighted by Gasteiger charge is -1.48. The fourth-order valence-electron chi connectivity index (χ4n) is 0. The van der Waals surface area contributed by atoms with Gasteiger partial charge in [-0.15, -0.1) is 0 Å². The van der Waals surface area contributed by atoms with Crippen LogP contribution >= 0.6 is 0 Å². The molecule has 0 rings (SSSR count). The highest BCUT2D eigenvalue weighted by molar-refractivity contribution is 5.75. The topological polar surface area (TPSA) is 0 Å². The third-order valence-electron chi connectivity index (χ3n) is 0. The lowest BCUT2D eigenvalue weighted by Crippen LogP contribution is -1.27. The maximum Gasteiger partial charge on any atom is 0 e. The molecule has 0 saturated heterocycles. The summed E-state index contributed by atoms with van der Waals surface area (Å²) >= 11 is 0. The molecule has 0 atom stereocenters. The molecule has 0 aliphatic carbocycles. The van der Waals surface area contributed by atoms with Gasteiger partial charge in [0.05, 0.1) is 0 Å². The Hall–Kier alpha value is 0.217. The van der Waals surface area contributed by atoms with E-state index in [0.29, 0.717) is 0 Å². The molecule has 4 radical (unpaired) electrons. The van der Waals surface area contributed by atoms with E-state index in [4.69, 9.17) is 0 Å². The minimum atomic E-state index is 0. The molecular weight excluding hydrogens is 64.1 g/mol. The van der Waals surface area contributed by atoms with E-state index in [1.165, 1.54) is 6.42 Å². The minimum Gasteiger partial charge on any atom is -0.0656 e. The van der Waals surface area contributed by atoms with Crippen LogP contribution in [0.2, 0.25) is 0 Å². The van der Waals surface area contributed by atoms with Crippen molar-refractivity contribution in [1.29, 1.82) is 0 Å². The Morgan fingerprint density at radius 1 is 1.25 bits per heavy atom. The second-order valence-corrected chi connectivity index (χ2v) is 0.707. The van der Waals surface area contributed by atoms with Gasteiger partial charge in [0.2, 0.25) is 0 Å². The Kier molecular flexibility index (Phi) is 23.7. The van der Waals surface area contributed by atoms with Crippen molar-refractivity contribution in [3.05, 3.63) is 0 Å². The van der Waals surface area contributed by atoms with E-state index in [-0.39, 0.29) is 11.0 Å². The molecule has 0 heterocycles. The van der Waals surface area contributed by atoms with Crippen molar-refractivity contribution >= 4 is 11.0 Å². The fourth-order valence-corrected chi connectivity index (χ4v) is 0. The molecule has 0 aromatic carbocycles. The summed E-state index contributed by atoms with van der Waals surface area (Å²) in [6, 6.07) is 0. The lowest BCUT2D eigenvalue weighted by atomic mass is 10.6. The van der Waals surface area contributed by atoms with Gasteiger partial charge in [0.25, 0.3) is 0 Å². The van der Waals surface area contributed by atoms with Crippen molar-refractivity contribution < 1.29 is 0 Å². The van der Waals surface area contributed by atoms with Crippen molar-refractivity contribution in [1.82, 2.24) is 0 Å². The Bertz CT molecular complexity index is 3.25. The first-order chi connectivity index (χ1) is 1.41. The van der Waals surface area contributed by atoms with Gasteiger partial charge in [-0.2, -0.15) is 0 Å². The summed E-state index contributed by atoms with van der Waals surface area (Å²) in [7, 11) is 0. The van der Waals surface area contributed by atoms with Gasteiger partial charge in [-0.05, 0) is 0 Å². The molecule has 0 aliphatic rings. The number of hydrogen-bond acceptors (Lipinski definition) is 0. The van der Waals surface area contributed by atoms with Crippen LogP contribution in [0.25, 0.3) is 0 Å². The summed E-state index contributed by atoms with van der Waals surface area (Å²) in [6.45, 7) is 4.25. The highest BCUT2D eigenvalue weighted by atomic mass is 28.1. The molecule has 0 amide bonds. The van der Waals surface area contributed by atoms with E-state index in [2.05, 4.69) is 13.8 Å². The second kappa shape index (κ2) is 10.7. The van der Waals surface area contributed by atoms with Crippen molar-refractivity contribution in [3.63, 3.8) is 0 Å². The smallest absolute Gasteiger partial charge is 0 e. The summed E-state index contributed by atoms with van der Waals surface area (Å²) in [6.07, 6.45) is 1.25. The summed E-state index contributed by atoms with van der Waals surface area (Å²) in [5.41, 5.74) is 0. The van der Waals surface area contributed by atoms with Gasteiger partial charge in [0.15, 0.2) is 0 Å². The summed E-state index contributed by atoms with van der Waals surface area (Å²) in [4.78, 5) is 0. The molecule has 24 valence electrons. The van der Waals surface area contributed by atoms with Crippen molar-refractivity contribution in [2.24, 2.45) is 0 Å². The molecule has 0 bridgehead atoms. The molecule has 1 heteroatoms. The van der Waals surface area contributed by atoms with Gasteiger partial charge in [0, 0.05) is 11.0 Å². The van der Waals surface area contributed by atoms with Crippen molar-refractivity contribution in [3.8, 4) is 0 Å². The largest absolute Gasteiger partial charge is 0.0656 e. The molecule has 0 aliphatic heterocycles. The van der Waals surface area contributed by atoms with E-state index in [1.54, 1.807) is 0 Å². The number of hydrogen-bond donors (Lipinski definition) is 0. The summed E-state index contributed by atoms with van der Waals surface area (Å²) in [5.74, 6) is 0. The minimum absolute atomic E-state index is 0. The first-order valence-corrected chi connectivity index (χ1v) is 1.41. The lowest BCUT2D eigenvalue weighted by molar-refractivity contribution is 1.09. The van der Waals surface area contributed by atoms with Crippen LogP contribution in [0.3, 0.4) is 0 Å². The SMILES string of the molecule is CCC.[Si]. The van der Waals surface area contributed by atoms with E-state index >= 15 is 0 Å². The molecule has 0 spiro atoms. The summed E-state index contributed by atoms with van der Waals surface area (Å²) < 4.78 is 0. The van der Waals surface area contributed by atoms with Crippen LogP contribution < -0.4 is 0 Å².